The van der Waals surface area contributed by atoms with Crippen molar-refractivity contribution in [2.75, 3.05) is 31.2 Å². The molecule has 1 aliphatic heterocycles. The summed E-state index contributed by atoms with van der Waals surface area (Å²) < 4.78 is 23.6. The van der Waals surface area contributed by atoms with Crippen LogP contribution in [0.1, 0.15) is 11.5 Å². The van der Waals surface area contributed by atoms with Crippen LogP contribution in [0, 0.1) is 11.3 Å². The molecule has 1 aliphatic rings. The van der Waals surface area contributed by atoms with Crippen LogP contribution in [0.3, 0.4) is 0 Å². The number of furan rings is 1. The summed E-state index contributed by atoms with van der Waals surface area (Å²) in [5.41, 5.74) is 0.246. The number of halogens is 1. The van der Waals surface area contributed by atoms with Crippen molar-refractivity contribution in [1.29, 1.82) is 5.26 Å². The van der Waals surface area contributed by atoms with Crippen molar-refractivity contribution in [2.45, 2.75) is 6.61 Å². The third-order valence-corrected chi connectivity index (χ3v) is 4.61. The maximum Gasteiger partial charge on any atom is 0.266 e. The number of morpholine rings is 1. The molecule has 0 spiro atoms. The van der Waals surface area contributed by atoms with E-state index in [1.54, 1.807) is 12.1 Å². The second kappa shape index (κ2) is 7.86. The van der Waals surface area contributed by atoms with Crippen LogP contribution < -0.4 is 9.64 Å². The normalized spacial score (nSPS) is 14.1. The van der Waals surface area contributed by atoms with Gasteiger partial charge in [0.05, 0.1) is 13.2 Å². The number of aromatic nitrogens is 1. The van der Waals surface area contributed by atoms with Gasteiger partial charge in [0, 0.05) is 17.6 Å². The maximum absolute atomic E-state index is 9.36. The second-order valence-electron chi connectivity index (χ2n) is 5.89. The second-order valence-corrected chi connectivity index (χ2v) is 6.81. The van der Waals surface area contributed by atoms with E-state index >= 15 is 0 Å². The summed E-state index contributed by atoms with van der Waals surface area (Å²) in [6.07, 6.45) is 0. The predicted molar refractivity (Wildman–Crippen MR) is 100 cm³/mol. The van der Waals surface area contributed by atoms with Crippen molar-refractivity contribution in [1.82, 2.24) is 4.98 Å². The first-order valence-electron chi connectivity index (χ1n) is 8.44. The predicted octanol–water partition coefficient (Wildman–Crippen LogP) is 3.98. The van der Waals surface area contributed by atoms with E-state index in [1.165, 1.54) is 0 Å². The van der Waals surface area contributed by atoms with Gasteiger partial charge in [0.2, 0.25) is 11.6 Å². The average Bonchev–Trinajstić information content (AvgIpc) is 3.35. The fourth-order valence-corrected chi connectivity index (χ4v) is 2.99. The molecule has 1 fully saturated rings. The molecule has 0 radical (unpaired) electrons. The van der Waals surface area contributed by atoms with E-state index in [9.17, 15) is 5.26 Å². The topological polar surface area (TPSA) is 84.7 Å². The molecule has 27 heavy (non-hydrogen) atoms. The molecule has 8 heteroatoms. The Hall–Kier alpha value is -2.76. The number of hydrogen-bond acceptors (Lipinski definition) is 7. The SMILES string of the molecule is N#Cc1nc(-c2ccc(COc3ccc(Br)cc3)o2)oc1N1CCOCC1. The molecule has 2 aromatic heterocycles. The smallest absolute Gasteiger partial charge is 0.266 e. The minimum absolute atomic E-state index is 0.246. The van der Waals surface area contributed by atoms with Crippen molar-refractivity contribution >= 4 is 21.8 Å². The van der Waals surface area contributed by atoms with Gasteiger partial charge in [0.15, 0.2) is 5.76 Å². The lowest BCUT2D eigenvalue weighted by Crippen LogP contribution is -2.36. The minimum Gasteiger partial charge on any atom is -0.486 e. The molecule has 7 nitrogen and oxygen atoms in total. The molecular formula is C19H16BrN3O4. The van der Waals surface area contributed by atoms with Crippen molar-refractivity contribution < 1.29 is 18.3 Å². The summed E-state index contributed by atoms with van der Waals surface area (Å²) in [6.45, 7) is 2.80. The molecular weight excluding hydrogens is 414 g/mol. The third-order valence-electron chi connectivity index (χ3n) is 4.08. The summed E-state index contributed by atoms with van der Waals surface area (Å²) in [7, 11) is 0. The van der Waals surface area contributed by atoms with Gasteiger partial charge in [0.25, 0.3) is 5.89 Å². The number of rotatable bonds is 5. The molecule has 0 unspecified atom stereocenters. The zero-order valence-corrected chi connectivity index (χ0v) is 15.9. The van der Waals surface area contributed by atoms with Crippen LogP contribution >= 0.6 is 15.9 Å². The van der Waals surface area contributed by atoms with Gasteiger partial charge in [-0.2, -0.15) is 10.2 Å². The highest BCUT2D eigenvalue weighted by molar-refractivity contribution is 9.10. The van der Waals surface area contributed by atoms with Crippen LogP contribution in [0.4, 0.5) is 5.88 Å². The Morgan fingerprint density at radius 3 is 2.63 bits per heavy atom. The highest BCUT2D eigenvalue weighted by Gasteiger charge is 2.23. The molecule has 0 aliphatic carbocycles. The van der Waals surface area contributed by atoms with E-state index in [4.69, 9.17) is 18.3 Å². The summed E-state index contributed by atoms with van der Waals surface area (Å²) >= 11 is 3.39. The van der Waals surface area contributed by atoms with Crippen LogP contribution in [-0.4, -0.2) is 31.3 Å². The van der Waals surface area contributed by atoms with E-state index < -0.39 is 0 Å². The van der Waals surface area contributed by atoms with Gasteiger partial charge in [-0.05, 0) is 36.4 Å². The lowest BCUT2D eigenvalue weighted by atomic mass is 10.3. The first kappa shape index (κ1) is 17.6. The fourth-order valence-electron chi connectivity index (χ4n) is 2.73. The lowest BCUT2D eigenvalue weighted by molar-refractivity contribution is 0.120. The fraction of sp³-hybridized carbons (Fsp3) is 0.263. The minimum atomic E-state index is 0.246. The van der Waals surface area contributed by atoms with Gasteiger partial charge < -0.3 is 23.2 Å². The molecule has 0 N–H and O–H groups in total. The number of anilines is 1. The summed E-state index contributed by atoms with van der Waals surface area (Å²) in [5.74, 6) is 2.58. The number of nitrogens with zero attached hydrogens (tertiary/aromatic N) is 3. The van der Waals surface area contributed by atoms with Gasteiger partial charge in [-0.15, -0.1) is 0 Å². The van der Waals surface area contributed by atoms with Crippen molar-refractivity contribution in [2.24, 2.45) is 0 Å². The van der Waals surface area contributed by atoms with Crippen LogP contribution in [0.25, 0.3) is 11.7 Å². The van der Waals surface area contributed by atoms with Gasteiger partial charge >= 0.3 is 0 Å². The largest absolute Gasteiger partial charge is 0.486 e. The molecule has 0 saturated carbocycles. The number of hydrogen-bond donors (Lipinski definition) is 0. The quantitative estimate of drug-likeness (QED) is 0.605. The molecule has 3 aromatic rings. The average molecular weight is 430 g/mol. The molecule has 0 amide bonds. The molecule has 0 bridgehead atoms. The van der Waals surface area contributed by atoms with E-state index in [1.807, 2.05) is 29.2 Å². The van der Waals surface area contributed by atoms with Crippen LogP contribution in [0.5, 0.6) is 5.75 Å². The summed E-state index contributed by atoms with van der Waals surface area (Å²) in [5, 5.41) is 9.36. The Morgan fingerprint density at radius 2 is 1.89 bits per heavy atom. The maximum atomic E-state index is 9.36. The Labute approximate surface area is 164 Å². The van der Waals surface area contributed by atoms with E-state index in [2.05, 4.69) is 27.0 Å². The summed E-state index contributed by atoms with van der Waals surface area (Å²) in [6, 6.07) is 13.2. The Morgan fingerprint density at radius 1 is 1.11 bits per heavy atom. The molecule has 4 rings (SSSR count). The molecule has 1 saturated heterocycles. The Bertz CT molecular complexity index is 952. The van der Waals surface area contributed by atoms with Gasteiger partial charge in [-0.1, -0.05) is 15.9 Å². The van der Waals surface area contributed by atoms with Crippen molar-refractivity contribution in [3.05, 3.63) is 52.3 Å². The highest BCUT2D eigenvalue weighted by atomic mass is 79.9. The van der Waals surface area contributed by atoms with Crippen LogP contribution in [-0.2, 0) is 11.3 Å². The van der Waals surface area contributed by atoms with Crippen LogP contribution in [0.15, 0.2) is 49.7 Å². The molecule has 0 atom stereocenters. The van der Waals surface area contributed by atoms with Crippen LogP contribution in [0.2, 0.25) is 0 Å². The zero-order valence-electron chi connectivity index (χ0n) is 14.4. The molecule has 3 heterocycles. The monoisotopic (exact) mass is 429 g/mol. The van der Waals surface area contributed by atoms with Gasteiger partial charge in [-0.25, -0.2) is 0 Å². The number of benzene rings is 1. The number of ether oxygens (including phenoxy) is 2. The Balaban J connectivity index is 1.48. The third kappa shape index (κ3) is 3.99. The van der Waals surface area contributed by atoms with E-state index in [0.717, 1.165) is 10.2 Å². The van der Waals surface area contributed by atoms with Crippen molar-refractivity contribution in [3.63, 3.8) is 0 Å². The van der Waals surface area contributed by atoms with Gasteiger partial charge in [-0.3, -0.25) is 0 Å². The lowest BCUT2D eigenvalue weighted by Gasteiger charge is -2.25. The van der Waals surface area contributed by atoms with Crippen molar-refractivity contribution in [3.8, 4) is 23.5 Å². The number of oxazole rings is 1. The van der Waals surface area contributed by atoms with E-state index in [-0.39, 0.29) is 18.2 Å². The molecule has 1 aromatic carbocycles. The standard InChI is InChI=1S/C19H16BrN3O4/c20-13-1-3-14(4-2-13)25-12-15-5-6-17(26-15)18-22-16(11-21)19(27-18)23-7-9-24-10-8-23/h1-6H,7-10,12H2. The zero-order chi connectivity index (χ0) is 18.6. The summed E-state index contributed by atoms with van der Waals surface area (Å²) in [4.78, 5) is 6.22. The molecule has 138 valence electrons. The highest BCUT2D eigenvalue weighted by Crippen LogP contribution is 2.30. The number of nitriles is 1. The van der Waals surface area contributed by atoms with E-state index in [0.29, 0.717) is 43.7 Å². The Kier molecular flexibility index (Phi) is 5.14. The first-order chi connectivity index (χ1) is 13.2. The van der Waals surface area contributed by atoms with Gasteiger partial charge in [0.1, 0.15) is 24.2 Å². The first-order valence-corrected chi connectivity index (χ1v) is 9.23.